The lowest BCUT2D eigenvalue weighted by Crippen LogP contribution is -2.42. The van der Waals surface area contributed by atoms with Crippen LogP contribution >= 0.6 is 0 Å². The van der Waals surface area contributed by atoms with Crippen LogP contribution in [-0.4, -0.2) is 42.1 Å². The van der Waals surface area contributed by atoms with E-state index in [-0.39, 0.29) is 17.9 Å². The van der Waals surface area contributed by atoms with E-state index in [0.29, 0.717) is 32.5 Å². The van der Waals surface area contributed by atoms with Gasteiger partial charge in [0.05, 0.1) is 7.11 Å². The summed E-state index contributed by atoms with van der Waals surface area (Å²) in [6, 6.07) is 3.77. The summed E-state index contributed by atoms with van der Waals surface area (Å²) in [6.45, 7) is 1.62. The van der Waals surface area contributed by atoms with Gasteiger partial charge in [0.15, 0.2) is 0 Å². The normalized spacial score (nSPS) is 15.8. The summed E-state index contributed by atoms with van der Waals surface area (Å²) in [4.78, 5) is 29.0. The fourth-order valence-electron chi connectivity index (χ4n) is 2.29. The number of nitrogens with one attached hydrogen (secondary N) is 1. The molecule has 0 aromatic carbocycles. The molecule has 0 spiro atoms. The Labute approximate surface area is 118 Å². The van der Waals surface area contributed by atoms with Crippen LogP contribution in [0.25, 0.3) is 0 Å². The summed E-state index contributed by atoms with van der Waals surface area (Å²) in [5, 5.41) is 2.91. The number of ether oxygens (including phenoxy) is 1. The van der Waals surface area contributed by atoms with Crippen molar-refractivity contribution in [3.63, 3.8) is 0 Å². The van der Waals surface area contributed by atoms with Crippen LogP contribution in [0.5, 0.6) is 0 Å². The van der Waals surface area contributed by atoms with E-state index in [1.807, 2.05) is 12.1 Å². The number of nitrogens with zero attached hydrogens (tertiary/aromatic N) is 2. The second kappa shape index (κ2) is 6.88. The maximum absolute atomic E-state index is 12.1. The molecule has 0 bridgehead atoms. The number of rotatable bonds is 3. The predicted octanol–water partition coefficient (Wildman–Crippen LogP) is 1.18. The van der Waals surface area contributed by atoms with E-state index in [1.54, 1.807) is 17.3 Å². The molecular weight excluding hydrogens is 258 g/mol. The van der Waals surface area contributed by atoms with Crippen molar-refractivity contribution in [2.75, 3.05) is 20.2 Å². The van der Waals surface area contributed by atoms with Crippen LogP contribution in [0.2, 0.25) is 0 Å². The molecule has 0 unspecified atom stereocenters. The van der Waals surface area contributed by atoms with E-state index >= 15 is 0 Å². The number of aromatic nitrogens is 1. The molecule has 2 amide bonds. The third-order valence-corrected chi connectivity index (χ3v) is 3.49. The molecule has 0 saturated carbocycles. The molecule has 6 heteroatoms. The SMILES string of the molecule is COC(=O)N1CCC(C(=O)NCc2cccnc2)CC1. The molecule has 0 atom stereocenters. The van der Waals surface area contributed by atoms with Crippen LogP contribution in [0.4, 0.5) is 4.79 Å². The molecule has 1 aliphatic heterocycles. The molecule has 2 rings (SSSR count). The van der Waals surface area contributed by atoms with Gasteiger partial charge in [0.1, 0.15) is 0 Å². The van der Waals surface area contributed by atoms with E-state index in [1.165, 1.54) is 7.11 Å². The molecule has 1 saturated heterocycles. The average molecular weight is 277 g/mol. The average Bonchev–Trinajstić information content (AvgIpc) is 2.53. The molecule has 20 heavy (non-hydrogen) atoms. The standard InChI is InChI=1S/C14H19N3O3/c1-20-14(19)17-7-4-12(5-8-17)13(18)16-10-11-3-2-6-15-9-11/h2-3,6,9,12H,4-5,7-8,10H2,1H3,(H,16,18). The number of carbonyl (C=O) groups excluding carboxylic acids is 2. The number of piperidine rings is 1. The van der Waals surface area contributed by atoms with E-state index in [9.17, 15) is 9.59 Å². The van der Waals surface area contributed by atoms with Gasteiger partial charge < -0.3 is 15.0 Å². The second-order valence-electron chi connectivity index (χ2n) is 4.81. The zero-order chi connectivity index (χ0) is 14.4. The Bertz CT molecular complexity index is 456. The third kappa shape index (κ3) is 3.69. The zero-order valence-electron chi connectivity index (χ0n) is 11.5. The minimum absolute atomic E-state index is 0.0347. The van der Waals surface area contributed by atoms with Crippen LogP contribution < -0.4 is 5.32 Å². The van der Waals surface area contributed by atoms with E-state index in [2.05, 4.69) is 15.0 Å². The Morgan fingerprint density at radius 1 is 1.45 bits per heavy atom. The Kier molecular flexibility index (Phi) is 4.92. The molecular formula is C14H19N3O3. The highest BCUT2D eigenvalue weighted by atomic mass is 16.5. The van der Waals surface area contributed by atoms with Crippen molar-refractivity contribution >= 4 is 12.0 Å². The molecule has 6 nitrogen and oxygen atoms in total. The van der Waals surface area contributed by atoms with Crippen LogP contribution in [0.1, 0.15) is 18.4 Å². The first-order valence-electron chi connectivity index (χ1n) is 6.70. The van der Waals surface area contributed by atoms with E-state index in [0.717, 1.165) is 5.56 Å². The molecule has 108 valence electrons. The van der Waals surface area contributed by atoms with Gasteiger partial charge in [0.2, 0.25) is 5.91 Å². The first-order valence-corrected chi connectivity index (χ1v) is 6.70. The molecule has 0 aliphatic carbocycles. The monoisotopic (exact) mass is 277 g/mol. The minimum Gasteiger partial charge on any atom is -0.453 e. The first-order chi connectivity index (χ1) is 9.70. The Balaban J connectivity index is 1.76. The van der Waals surface area contributed by atoms with Gasteiger partial charge in [-0.3, -0.25) is 9.78 Å². The fraction of sp³-hybridized carbons (Fsp3) is 0.500. The number of methoxy groups -OCH3 is 1. The first kappa shape index (κ1) is 14.3. The number of likely N-dealkylation sites (tertiary alicyclic amines) is 1. The summed E-state index contributed by atoms with van der Waals surface area (Å²) in [5.74, 6) is 0.00551. The largest absolute Gasteiger partial charge is 0.453 e. The molecule has 0 radical (unpaired) electrons. The van der Waals surface area contributed by atoms with Gasteiger partial charge in [-0.05, 0) is 24.5 Å². The Morgan fingerprint density at radius 3 is 2.80 bits per heavy atom. The summed E-state index contributed by atoms with van der Waals surface area (Å²) in [5.41, 5.74) is 0.979. The van der Waals surface area contributed by atoms with Crippen LogP contribution in [0.3, 0.4) is 0 Å². The smallest absolute Gasteiger partial charge is 0.409 e. The lowest BCUT2D eigenvalue weighted by molar-refractivity contribution is -0.126. The number of carbonyl (C=O) groups is 2. The summed E-state index contributed by atoms with van der Waals surface area (Å²) < 4.78 is 4.67. The van der Waals surface area contributed by atoms with Crippen molar-refractivity contribution in [1.29, 1.82) is 0 Å². The maximum Gasteiger partial charge on any atom is 0.409 e. The van der Waals surface area contributed by atoms with Crippen molar-refractivity contribution in [1.82, 2.24) is 15.2 Å². The summed E-state index contributed by atoms with van der Waals surface area (Å²) >= 11 is 0. The molecule has 1 aliphatic rings. The Hall–Kier alpha value is -2.11. The van der Waals surface area contributed by atoms with Gasteiger partial charge in [-0.2, -0.15) is 0 Å². The van der Waals surface area contributed by atoms with Gasteiger partial charge in [0, 0.05) is 37.9 Å². The van der Waals surface area contributed by atoms with Crippen LogP contribution in [-0.2, 0) is 16.1 Å². The van der Waals surface area contributed by atoms with E-state index in [4.69, 9.17) is 0 Å². The number of hydrogen-bond acceptors (Lipinski definition) is 4. The highest BCUT2D eigenvalue weighted by Gasteiger charge is 2.27. The summed E-state index contributed by atoms with van der Waals surface area (Å²) in [7, 11) is 1.37. The number of amides is 2. The van der Waals surface area contributed by atoms with Crippen molar-refractivity contribution < 1.29 is 14.3 Å². The lowest BCUT2D eigenvalue weighted by atomic mass is 9.96. The minimum atomic E-state index is -0.320. The predicted molar refractivity (Wildman–Crippen MR) is 72.8 cm³/mol. The van der Waals surface area contributed by atoms with Crippen LogP contribution in [0, 0.1) is 5.92 Å². The van der Waals surface area contributed by atoms with Gasteiger partial charge in [0.25, 0.3) is 0 Å². The Morgan fingerprint density at radius 2 is 2.20 bits per heavy atom. The van der Waals surface area contributed by atoms with Crippen molar-refractivity contribution in [2.24, 2.45) is 5.92 Å². The zero-order valence-corrected chi connectivity index (χ0v) is 11.5. The van der Waals surface area contributed by atoms with Gasteiger partial charge in [-0.25, -0.2) is 4.79 Å². The van der Waals surface area contributed by atoms with Crippen LogP contribution in [0.15, 0.2) is 24.5 Å². The lowest BCUT2D eigenvalue weighted by Gasteiger charge is -2.30. The number of hydrogen-bond donors (Lipinski definition) is 1. The van der Waals surface area contributed by atoms with Gasteiger partial charge in [-0.1, -0.05) is 6.07 Å². The van der Waals surface area contributed by atoms with Gasteiger partial charge in [-0.15, -0.1) is 0 Å². The number of pyridine rings is 1. The molecule has 1 N–H and O–H groups in total. The molecule has 1 fully saturated rings. The quantitative estimate of drug-likeness (QED) is 0.900. The van der Waals surface area contributed by atoms with Crippen molar-refractivity contribution in [3.05, 3.63) is 30.1 Å². The maximum atomic E-state index is 12.1. The third-order valence-electron chi connectivity index (χ3n) is 3.49. The summed E-state index contributed by atoms with van der Waals surface area (Å²) in [6.07, 6.45) is 4.47. The topological polar surface area (TPSA) is 71.5 Å². The van der Waals surface area contributed by atoms with Crippen molar-refractivity contribution in [2.45, 2.75) is 19.4 Å². The van der Waals surface area contributed by atoms with Gasteiger partial charge >= 0.3 is 6.09 Å². The second-order valence-corrected chi connectivity index (χ2v) is 4.81. The molecule has 1 aromatic heterocycles. The van der Waals surface area contributed by atoms with Crippen molar-refractivity contribution in [3.8, 4) is 0 Å². The highest BCUT2D eigenvalue weighted by molar-refractivity contribution is 5.79. The highest BCUT2D eigenvalue weighted by Crippen LogP contribution is 2.18. The molecule has 1 aromatic rings. The molecule has 2 heterocycles. The fourth-order valence-corrected chi connectivity index (χ4v) is 2.29. The van der Waals surface area contributed by atoms with E-state index < -0.39 is 0 Å².